The van der Waals surface area contributed by atoms with E-state index >= 15 is 0 Å². The number of rotatable bonds is 2. The Morgan fingerprint density at radius 2 is 2.17 bits per heavy atom. The van der Waals surface area contributed by atoms with Crippen LogP contribution in [0.15, 0.2) is 24.3 Å². The smallest absolute Gasteiger partial charge is 0.161 e. The minimum Gasteiger partial charge on any atom is -0.294 e. The van der Waals surface area contributed by atoms with Crippen LogP contribution in [0, 0.1) is 17.8 Å². The molecular formula is C11H14O. The zero-order valence-electron chi connectivity index (χ0n) is 7.42. The van der Waals surface area contributed by atoms with Crippen LogP contribution in [0.25, 0.3) is 0 Å². The molecule has 0 N–H and O–H groups in total. The third-order valence-electron chi connectivity index (χ3n) is 3.04. The summed E-state index contributed by atoms with van der Waals surface area (Å²) in [5.74, 6) is 1.76. The van der Waals surface area contributed by atoms with Gasteiger partial charge in [-0.3, -0.25) is 4.79 Å². The second-order valence-corrected chi connectivity index (χ2v) is 4.03. The van der Waals surface area contributed by atoms with Gasteiger partial charge in [0, 0.05) is 5.92 Å². The van der Waals surface area contributed by atoms with E-state index in [0.717, 1.165) is 12.0 Å². The van der Waals surface area contributed by atoms with Crippen LogP contribution in [0.5, 0.6) is 0 Å². The maximum Gasteiger partial charge on any atom is 0.161 e. The number of hydrogen-bond donors (Lipinski definition) is 0. The molecule has 0 heterocycles. The maximum atomic E-state index is 11.6. The molecule has 64 valence electrons. The van der Waals surface area contributed by atoms with Crippen molar-refractivity contribution >= 4 is 5.78 Å². The monoisotopic (exact) mass is 162 g/mol. The molecule has 0 aromatic heterocycles. The summed E-state index contributed by atoms with van der Waals surface area (Å²) >= 11 is 0. The first kappa shape index (κ1) is 7.78. The van der Waals surface area contributed by atoms with Gasteiger partial charge in [0.2, 0.25) is 0 Å². The van der Waals surface area contributed by atoms with Crippen LogP contribution in [-0.2, 0) is 4.79 Å². The largest absolute Gasteiger partial charge is 0.294 e. The molecule has 0 aromatic rings. The van der Waals surface area contributed by atoms with Crippen molar-refractivity contribution in [3.8, 4) is 0 Å². The first-order chi connectivity index (χ1) is 5.68. The normalized spacial score (nSPS) is 37.2. The fourth-order valence-electron chi connectivity index (χ4n) is 2.40. The van der Waals surface area contributed by atoms with Gasteiger partial charge in [-0.2, -0.15) is 0 Å². The molecule has 3 unspecified atom stereocenters. The lowest BCUT2D eigenvalue weighted by Crippen LogP contribution is -2.19. The van der Waals surface area contributed by atoms with Gasteiger partial charge in [-0.05, 0) is 37.2 Å². The Kier molecular flexibility index (Phi) is 1.67. The van der Waals surface area contributed by atoms with Crippen molar-refractivity contribution in [3.63, 3.8) is 0 Å². The van der Waals surface area contributed by atoms with Crippen LogP contribution in [0.4, 0.5) is 0 Å². The van der Waals surface area contributed by atoms with Crippen LogP contribution in [0.1, 0.15) is 19.8 Å². The Bertz CT molecular complexity index is 262. The number of allylic oxidation sites excluding steroid dienone is 3. The number of fused-ring (bicyclic) bond motifs is 2. The predicted molar refractivity (Wildman–Crippen MR) is 48.7 cm³/mol. The highest BCUT2D eigenvalue weighted by molar-refractivity contribution is 5.96. The molecule has 0 saturated heterocycles. The molecule has 0 aromatic carbocycles. The minimum absolute atomic E-state index is 0.262. The summed E-state index contributed by atoms with van der Waals surface area (Å²) in [4.78, 5) is 11.6. The lowest BCUT2D eigenvalue weighted by molar-refractivity contribution is -0.119. The van der Waals surface area contributed by atoms with Crippen LogP contribution in [0.2, 0.25) is 0 Å². The van der Waals surface area contributed by atoms with E-state index in [1.165, 1.54) is 6.42 Å². The van der Waals surface area contributed by atoms with Gasteiger partial charge in [-0.25, -0.2) is 0 Å². The Labute approximate surface area is 73.2 Å². The van der Waals surface area contributed by atoms with Crippen molar-refractivity contribution in [2.24, 2.45) is 17.8 Å². The van der Waals surface area contributed by atoms with Crippen LogP contribution >= 0.6 is 0 Å². The van der Waals surface area contributed by atoms with Crippen molar-refractivity contribution in [1.82, 2.24) is 0 Å². The molecule has 2 aliphatic carbocycles. The van der Waals surface area contributed by atoms with E-state index in [1.54, 1.807) is 0 Å². The summed E-state index contributed by atoms with van der Waals surface area (Å²) in [6.45, 7) is 5.53. The van der Waals surface area contributed by atoms with E-state index in [9.17, 15) is 4.79 Å². The van der Waals surface area contributed by atoms with Gasteiger partial charge in [0.25, 0.3) is 0 Å². The topological polar surface area (TPSA) is 17.1 Å². The molecule has 12 heavy (non-hydrogen) atoms. The molecule has 0 spiro atoms. The van der Waals surface area contributed by atoms with Crippen LogP contribution in [-0.4, -0.2) is 5.78 Å². The third-order valence-corrected chi connectivity index (χ3v) is 3.04. The summed E-state index contributed by atoms with van der Waals surface area (Å²) in [6, 6.07) is 0. The minimum atomic E-state index is 0.262. The number of Topliss-reactive ketones (excluding diaryl/α,β-unsaturated/α-hetero) is 1. The number of carbonyl (C=O) groups is 1. The summed E-state index contributed by atoms with van der Waals surface area (Å²) in [5.41, 5.74) is 0.723. The Balaban J connectivity index is 2.13. The molecule has 0 radical (unpaired) electrons. The Morgan fingerprint density at radius 3 is 2.58 bits per heavy atom. The average Bonchev–Trinajstić information content (AvgIpc) is 2.62. The molecule has 1 saturated carbocycles. The summed E-state index contributed by atoms with van der Waals surface area (Å²) in [5, 5.41) is 0. The van der Waals surface area contributed by atoms with Gasteiger partial charge in [0.15, 0.2) is 5.78 Å². The van der Waals surface area contributed by atoms with Gasteiger partial charge in [0.1, 0.15) is 0 Å². The van der Waals surface area contributed by atoms with E-state index in [2.05, 4.69) is 18.7 Å². The lowest BCUT2D eigenvalue weighted by Gasteiger charge is -2.16. The van der Waals surface area contributed by atoms with Gasteiger partial charge in [-0.1, -0.05) is 18.7 Å². The quantitative estimate of drug-likeness (QED) is 0.450. The SMILES string of the molecule is C=C(C)C(=O)C1CC2C=CC1C2. The zero-order chi connectivity index (χ0) is 8.72. The van der Waals surface area contributed by atoms with Crippen molar-refractivity contribution < 1.29 is 4.79 Å². The first-order valence-corrected chi connectivity index (χ1v) is 4.56. The molecule has 2 bridgehead atoms. The van der Waals surface area contributed by atoms with E-state index < -0.39 is 0 Å². The molecule has 0 amide bonds. The van der Waals surface area contributed by atoms with Crippen LogP contribution < -0.4 is 0 Å². The molecule has 2 aliphatic rings. The molecule has 0 aliphatic heterocycles. The third kappa shape index (κ3) is 1.04. The molecular weight excluding hydrogens is 148 g/mol. The van der Waals surface area contributed by atoms with Crippen LogP contribution in [0.3, 0.4) is 0 Å². The van der Waals surface area contributed by atoms with Crippen molar-refractivity contribution in [2.75, 3.05) is 0 Å². The van der Waals surface area contributed by atoms with Gasteiger partial charge >= 0.3 is 0 Å². The van der Waals surface area contributed by atoms with Gasteiger partial charge in [0.05, 0.1) is 0 Å². The van der Waals surface area contributed by atoms with E-state index in [1.807, 2.05) is 6.92 Å². The lowest BCUT2D eigenvalue weighted by atomic mass is 9.87. The van der Waals surface area contributed by atoms with E-state index in [4.69, 9.17) is 0 Å². The molecule has 2 rings (SSSR count). The Hall–Kier alpha value is -0.850. The fraction of sp³-hybridized carbons (Fsp3) is 0.545. The first-order valence-electron chi connectivity index (χ1n) is 4.56. The van der Waals surface area contributed by atoms with E-state index in [-0.39, 0.29) is 11.7 Å². The number of hydrogen-bond acceptors (Lipinski definition) is 1. The number of ketones is 1. The standard InChI is InChI=1S/C11H14O/c1-7(2)11(12)10-6-8-3-4-9(10)5-8/h3-4,8-10H,1,5-6H2,2H3. The Morgan fingerprint density at radius 1 is 1.42 bits per heavy atom. The highest BCUT2D eigenvalue weighted by Gasteiger charge is 2.39. The van der Waals surface area contributed by atoms with E-state index in [0.29, 0.717) is 11.8 Å². The predicted octanol–water partition coefficient (Wildman–Crippen LogP) is 2.34. The van der Waals surface area contributed by atoms with Crippen molar-refractivity contribution in [2.45, 2.75) is 19.8 Å². The summed E-state index contributed by atoms with van der Waals surface area (Å²) < 4.78 is 0. The maximum absolute atomic E-state index is 11.6. The highest BCUT2D eigenvalue weighted by Crippen LogP contribution is 2.44. The molecule has 3 atom stereocenters. The second kappa shape index (κ2) is 2.58. The zero-order valence-corrected chi connectivity index (χ0v) is 7.42. The molecule has 1 nitrogen and oxygen atoms in total. The molecule has 1 fully saturated rings. The van der Waals surface area contributed by atoms with Gasteiger partial charge in [-0.15, -0.1) is 0 Å². The average molecular weight is 162 g/mol. The van der Waals surface area contributed by atoms with Crippen molar-refractivity contribution in [1.29, 1.82) is 0 Å². The van der Waals surface area contributed by atoms with Crippen molar-refractivity contribution in [3.05, 3.63) is 24.3 Å². The molecule has 1 heteroatoms. The fourth-order valence-corrected chi connectivity index (χ4v) is 2.40. The summed E-state index contributed by atoms with van der Waals surface area (Å²) in [6.07, 6.45) is 6.73. The number of carbonyl (C=O) groups excluding carboxylic acids is 1. The van der Waals surface area contributed by atoms with Gasteiger partial charge < -0.3 is 0 Å². The summed E-state index contributed by atoms with van der Waals surface area (Å²) in [7, 11) is 0. The second-order valence-electron chi connectivity index (χ2n) is 4.03. The highest BCUT2D eigenvalue weighted by atomic mass is 16.1.